The van der Waals surface area contributed by atoms with Gasteiger partial charge in [0.15, 0.2) is 5.78 Å². The quantitative estimate of drug-likeness (QED) is 0.578. The lowest BCUT2D eigenvalue weighted by molar-refractivity contribution is 0.0984. The molecular formula is C19H18O2. The molecule has 1 aliphatic rings. The maximum Gasteiger partial charge on any atom is 0.192 e. The molecule has 2 heteroatoms. The Balaban J connectivity index is 1.84. The van der Waals surface area contributed by atoms with Crippen LogP contribution < -0.4 is 0 Å². The van der Waals surface area contributed by atoms with Gasteiger partial charge in [-0.05, 0) is 29.9 Å². The van der Waals surface area contributed by atoms with Crippen molar-refractivity contribution in [3.8, 4) is 0 Å². The Bertz CT molecular complexity index is 720. The zero-order chi connectivity index (χ0) is 14.7. The van der Waals surface area contributed by atoms with Gasteiger partial charge in [-0.25, -0.2) is 0 Å². The fraction of sp³-hybridized carbons (Fsp3) is 0.211. The van der Waals surface area contributed by atoms with E-state index in [9.17, 15) is 4.79 Å². The van der Waals surface area contributed by atoms with Gasteiger partial charge in [0.1, 0.15) is 0 Å². The molecule has 0 saturated carbocycles. The molecule has 0 heterocycles. The lowest BCUT2D eigenvalue weighted by atomic mass is 9.88. The van der Waals surface area contributed by atoms with Crippen molar-refractivity contribution in [2.45, 2.75) is 12.8 Å². The molecule has 0 aromatic heterocycles. The number of allylic oxidation sites excluding steroid dienone is 1. The largest absolute Gasteiger partial charge is 0.377 e. The molecule has 2 aromatic carbocycles. The number of unbranched alkanes of at least 4 members (excludes halogenated alkanes) is 1. The van der Waals surface area contributed by atoms with Crippen LogP contribution >= 0.6 is 0 Å². The predicted octanol–water partition coefficient (Wildman–Crippen LogP) is 4.40. The summed E-state index contributed by atoms with van der Waals surface area (Å²) in [6.45, 7) is 4.72. The topological polar surface area (TPSA) is 26.3 Å². The van der Waals surface area contributed by atoms with Crippen molar-refractivity contribution < 1.29 is 9.53 Å². The van der Waals surface area contributed by atoms with Crippen molar-refractivity contribution >= 4 is 22.6 Å². The SMILES string of the molecule is C=CCCCOCC1=Cc2cccc3cccc(c23)C1=O. The Kier molecular flexibility index (Phi) is 3.98. The van der Waals surface area contributed by atoms with E-state index >= 15 is 0 Å². The maximum atomic E-state index is 12.6. The number of benzene rings is 2. The number of carbonyl (C=O) groups is 1. The summed E-state index contributed by atoms with van der Waals surface area (Å²) in [6, 6.07) is 12.0. The second-order valence-electron chi connectivity index (χ2n) is 5.23. The second-order valence-corrected chi connectivity index (χ2v) is 5.23. The van der Waals surface area contributed by atoms with Crippen molar-refractivity contribution in [3.63, 3.8) is 0 Å². The first-order valence-electron chi connectivity index (χ1n) is 7.27. The van der Waals surface area contributed by atoms with E-state index in [1.165, 1.54) is 0 Å². The minimum atomic E-state index is 0.0861. The molecule has 2 aromatic rings. The van der Waals surface area contributed by atoms with Crippen LogP contribution in [0.25, 0.3) is 16.8 Å². The van der Waals surface area contributed by atoms with Gasteiger partial charge in [0, 0.05) is 23.1 Å². The van der Waals surface area contributed by atoms with Crippen LogP contribution in [-0.4, -0.2) is 19.0 Å². The van der Waals surface area contributed by atoms with Crippen LogP contribution in [-0.2, 0) is 4.74 Å². The molecule has 1 aliphatic carbocycles. The van der Waals surface area contributed by atoms with E-state index in [-0.39, 0.29) is 5.78 Å². The predicted molar refractivity (Wildman–Crippen MR) is 86.5 cm³/mol. The standard InChI is InChI=1S/C19H18O2/c1-2-3-4-11-21-13-16-12-15-9-5-7-14-8-6-10-17(18(14)15)19(16)20/h2,5-10,12H,1,3-4,11,13H2. The number of carbonyl (C=O) groups excluding carboxylic acids is 1. The highest BCUT2D eigenvalue weighted by Crippen LogP contribution is 2.31. The molecule has 0 amide bonds. The van der Waals surface area contributed by atoms with Crippen molar-refractivity contribution in [2.24, 2.45) is 0 Å². The van der Waals surface area contributed by atoms with Gasteiger partial charge in [-0.1, -0.05) is 42.5 Å². The smallest absolute Gasteiger partial charge is 0.192 e. The Morgan fingerprint density at radius 2 is 1.95 bits per heavy atom. The monoisotopic (exact) mass is 278 g/mol. The number of ether oxygens (including phenoxy) is 1. The fourth-order valence-corrected chi connectivity index (χ4v) is 2.72. The molecule has 0 spiro atoms. The van der Waals surface area contributed by atoms with E-state index in [2.05, 4.69) is 12.6 Å². The lowest BCUT2D eigenvalue weighted by Gasteiger charge is -2.17. The van der Waals surface area contributed by atoms with Crippen molar-refractivity contribution in [3.05, 3.63) is 65.8 Å². The van der Waals surface area contributed by atoms with Crippen LogP contribution in [0.2, 0.25) is 0 Å². The van der Waals surface area contributed by atoms with E-state index in [0.29, 0.717) is 13.2 Å². The van der Waals surface area contributed by atoms with Crippen molar-refractivity contribution in [2.75, 3.05) is 13.2 Å². The van der Waals surface area contributed by atoms with Crippen LogP contribution in [0.4, 0.5) is 0 Å². The first-order chi connectivity index (χ1) is 10.3. The minimum Gasteiger partial charge on any atom is -0.377 e. The average molecular weight is 278 g/mol. The highest BCUT2D eigenvalue weighted by atomic mass is 16.5. The van der Waals surface area contributed by atoms with Gasteiger partial charge in [0.25, 0.3) is 0 Å². The molecule has 0 bridgehead atoms. The highest BCUT2D eigenvalue weighted by Gasteiger charge is 2.21. The fourth-order valence-electron chi connectivity index (χ4n) is 2.72. The maximum absolute atomic E-state index is 12.6. The number of hydrogen-bond donors (Lipinski definition) is 0. The third kappa shape index (κ3) is 2.67. The van der Waals surface area contributed by atoms with Gasteiger partial charge < -0.3 is 4.74 Å². The molecule has 2 nitrogen and oxygen atoms in total. The summed E-state index contributed by atoms with van der Waals surface area (Å²) in [5.41, 5.74) is 2.63. The lowest BCUT2D eigenvalue weighted by Crippen LogP contribution is -2.14. The molecule has 106 valence electrons. The molecule has 0 saturated heterocycles. The van der Waals surface area contributed by atoms with E-state index in [1.54, 1.807) is 0 Å². The number of ketones is 1. The Hall–Kier alpha value is -2.19. The molecular weight excluding hydrogens is 260 g/mol. The van der Waals surface area contributed by atoms with Crippen LogP contribution in [0.3, 0.4) is 0 Å². The van der Waals surface area contributed by atoms with Crippen LogP contribution in [0.1, 0.15) is 28.8 Å². The van der Waals surface area contributed by atoms with E-state index in [0.717, 1.165) is 40.3 Å². The van der Waals surface area contributed by atoms with Crippen LogP contribution in [0.5, 0.6) is 0 Å². The average Bonchev–Trinajstić information content (AvgIpc) is 2.51. The molecule has 0 aliphatic heterocycles. The summed E-state index contributed by atoms with van der Waals surface area (Å²) in [5, 5.41) is 2.17. The summed E-state index contributed by atoms with van der Waals surface area (Å²) in [6.07, 6.45) is 5.72. The van der Waals surface area contributed by atoms with Gasteiger partial charge in [0.05, 0.1) is 6.61 Å². The summed E-state index contributed by atoms with van der Waals surface area (Å²) in [4.78, 5) is 12.6. The normalized spacial score (nSPS) is 13.3. The van der Waals surface area contributed by atoms with Crippen molar-refractivity contribution in [1.82, 2.24) is 0 Å². The second kappa shape index (κ2) is 6.06. The molecule has 0 radical (unpaired) electrons. The molecule has 3 rings (SSSR count). The molecule has 0 atom stereocenters. The van der Waals surface area contributed by atoms with Gasteiger partial charge in [-0.15, -0.1) is 6.58 Å². The van der Waals surface area contributed by atoms with E-state index < -0.39 is 0 Å². The van der Waals surface area contributed by atoms with E-state index in [4.69, 9.17) is 4.74 Å². The zero-order valence-corrected chi connectivity index (χ0v) is 12.0. The zero-order valence-electron chi connectivity index (χ0n) is 12.0. The first-order valence-corrected chi connectivity index (χ1v) is 7.27. The van der Waals surface area contributed by atoms with Gasteiger partial charge in [0.2, 0.25) is 0 Å². The summed E-state index contributed by atoms with van der Waals surface area (Å²) < 4.78 is 5.62. The number of rotatable bonds is 6. The number of Topliss-reactive ketones (excluding diaryl/α,β-unsaturated/α-hetero) is 1. The third-order valence-corrected chi connectivity index (χ3v) is 3.76. The summed E-state index contributed by atoms with van der Waals surface area (Å²) >= 11 is 0. The first kappa shape index (κ1) is 13.8. The third-order valence-electron chi connectivity index (χ3n) is 3.76. The Morgan fingerprint density at radius 1 is 1.14 bits per heavy atom. The van der Waals surface area contributed by atoms with Crippen LogP contribution in [0.15, 0.2) is 54.6 Å². The van der Waals surface area contributed by atoms with Gasteiger partial charge in [-0.2, -0.15) is 0 Å². The molecule has 0 N–H and O–H groups in total. The minimum absolute atomic E-state index is 0.0861. The van der Waals surface area contributed by atoms with Gasteiger partial charge in [-0.3, -0.25) is 4.79 Å². The Morgan fingerprint density at radius 3 is 2.76 bits per heavy atom. The number of hydrogen-bond acceptors (Lipinski definition) is 2. The Labute approximate surface area is 124 Å². The summed E-state index contributed by atoms with van der Waals surface area (Å²) in [7, 11) is 0. The van der Waals surface area contributed by atoms with Gasteiger partial charge >= 0.3 is 0 Å². The highest BCUT2D eigenvalue weighted by molar-refractivity contribution is 6.22. The van der Waals surface area contributed by atoms with Crippen LogP contribution in [0, 0.1) is 0 Å². The van der Waals surface area contributed by atoms with E-state index in [1.807, 2.05) is 42.5 Å². The molecule has 0 unspecified atom stereocenters. The summed E-state index contributed by atoms with van der Waals surface area (Å²) in [5.74, 6) is 0.0861. The molecule has 21 heavy (non-hydrogen) atoms. The molecule has 0 fully saturated rings. The van der Waals surface area contributed by atoms with Crippen molar-refractivity contribution in [1.29, 1.82) is 0 Å².